The number of rotatable bonds is 7. The number of hydrogen-bond acceptors (Lipinski definition) is 7. The number of thioether (sulfide) groups is 1. The zero-order chi connectivity index (χ0) is 26.7. The van der Waals surface area contributed by atoms with Gasteiger partial charge in [-0.3, -0.25) is 4.79 Å². The first-order chi connectivity index (χ1) is 17.6. The molecule has 8 heteroatoms. The first kappa shape index (κ1) is 26.5. The second-order valence-electron chi connectivity index (χ2n) is 10.0. The van der Waals surface area contributed by atoms with Crippen molar-refractivity contribution in [3.8, 4) is 5.75 Å². The van der Waals surface area contributed by atoms with Crippen LogP contribution >= 0.6 is 11.8 Å². The normalized spacial score (nSPS) is 17.1. The number of carbonyl (C=O) groups excluding carboxylic acids is 2. The van der Waals surface area contributed by atoms with Crippen LogP contribution in [0.2, 0.25) is 0 Å². The fourth-order valence-corrected chi connectivity index (χ4v) is 5.35. The van der Waals surface area contributed by atoms with Crippen molar-refractivity contribution >= 4 is 28.8 Å². The van der Waals surface area contributed by atoms with Gasteiger partial charge in [-0.15, -0.1) is 0 Å². The van der Waals surface area contributed by atoms with E-state index in [4.69, 9.17) is 14.5 Å². The SMILES string of the molecule is COc1ccccc1[C@H]1C(C(=O)OC(C)(C)C)=C(C)N=C2SC=C(CC(=O)N(C)Cc3ccccc3)N21. The standard InChI is InChI=1S/C29H33N3O4S/c1-19-25(27(34)36-29(2,3)4)26(22-14-10-11-15-23(22)35-6)32-21(18-37-28(32)30-19)16-24(33)31(5)17-20-12-8-7-9-13-20/h7-15,18,26H,16-17H2,1-6H3/t26-/m0/s1. The summed E-state index contributed by atoms with van der Waals surface area (Å²) in [5, 5.41) is 2.66. The Balaban J connectivity index is 1.69. The molecule has 2 aromatic carbocycles. The van der Waals surface area contributed by atoms with Gasteiger partial charge in [0.2, 0.25) is 5.91 Å². The molecule has 0 spiro atoms. The molecule has 2 aromatic rings. The fourth-order valence-electron chi connectivity index (χ4n) is 4.39. The molecular formula is C29H33N3O4S. The third-order valence-corrected chi connectivity index (χ3v) is 6.96. The van der Waals surface area contributed by atoms with E-state index in [9.17, 15) is 9.59 Å². The first-order valence-corrected chi connectivity index (χ1v) is 13.1. The van der Waals surface area contributed by atoms with Crippen molar-refractivity contribution in [3.05, 3.63) is 88.1 Å². The average Bonchev–Trinajstić information content (AvgIpc) is 3.24. The lowest BCUT2D eigenvalue weighted by Gasteiger charge is -2.37. The predicted molar refractivity (Wildman–Crippen MR) is 147 cm³/mol. The van der Waals surface area contributed by atoms with E-state index in [0.717, 1.165) is 16.8 Å². The second-order valence-corrected chi connectivity index (χ2v) is 10.9. The summed E-state index contributed by atoms with van der Waals surface area (Å²) in [7, 11) is 3.41. The van der Waals surface area contributed by atoms with Crippen LogP contribution in [0.3, 0.4) is 0 Å². The summed E-state index contributed by atoms with van der Waals surface area (Å²) in [5.41, 5.74) is 2.99. The Morgan fingerprint density at radius 3 is 2.43 bits per heavy atom. The molecule has 0 aromatic heterocycles. The van der Waals surface area contributed by atoms with E-state index in [1.165, 1.54) is 11.8 Å². The van der Waals surface area contributed by atoms with Crippen molar-refractivity contribution in [3.63, 3.8) is 0 Å². The summed E-state index contributed by atoms with van der Waals surface area (Å²) in [5.74, 6) is 0.180. The van der Waals surface area contributed by atoms with Crippen molar-refractivity contribution in [2.24, 2.45) is 4.99 Å². The van der Waals surface area contributed by atoms with Gasteiger partial charge in [0.05, 0.1) is 30.8 Å². The van der Waals surface area contributed by atoms with Crippen LogP contribution in [0.15, 0.2) is 82.0 Å². The predicted octanol–water partition coefficient (Wildman–Crippen LogP) is 5.66. The number of nitrogens with zero attached hydrogens (tertiary/aromatic N) is 3. The number of hydrogen-bond donors (Lipinski definition) is 0. The van der Waals surface area contributed by atoms with Gasteiger partial charge < -0.3 is 19.3 Å². The zero-order valence-corrected chi connectivity index (χ0v) is 23.0. The minimum atomic E-state index is -0.672. The number of para-hydroxylation sites is 1. The minimum Gasteiger partial charge on any atom is -0.496 e. The molecule has 0 radical (unpaired) electrons. The van der Waals surface area contributed by atoms with Gasteiger partial charge in [0, 0.05) is 24.9 Å². The van der Waals surface area contributed by atoms with Gasteiger partial charge in [0.15, 0.2) is 5.17 Å². The quantitative estimate of drug-likeness (QED) is 0.440. The van der Waals surface area contributed by atoms with Crippen molar-refractivity contribution in [1.82, 2.24) is 9.80 Å². The van der Waals surface area contributed by atoms with Crippen LogP contribution < -0.4 is 4.74 Å². The van der Waals surface area contributed by atoms with Gasteiger partial charge in [-0.1, -0.05) is 60.3 Å². The van der Waals surface area contributed by atoms with Gasteiger partial charge in [-0.05, 0) is 44.7 Å². The summed E-state index contributed by atoms with van der Waals surface area (Å²) in [6.45, 7) is 7.86. The Hall–Kier alpha value is -3.52. The highest BCUT2D eigenvalue weighted by molar-refractivity contribution is 8.16. The average molecular weight is 520 g/mol. The maximum absolute atomic E-state index is 13.5. The molecule has 1 amide bonds. The van der Waals surface area contributed by atoms with Crippen LogP contribution in [0.5, 0.6) is 5.75 Å². The van der Waals surface area contributed by atoms with Crippen molar-refractivity contribution in [2.75, 3.05) is 14.2 Å². The molecule has 1 atom stereocenters. The summed E-state index contributed by atoms with van der Waals surface area (Å²) in [6.07, 6.45) is 0.168. The lowest BCUT2D eigenvalue weighted by molar-refractivity contribution is -0.150. The Bertz CT molecular complexity index is 1280. The van der Waals surface area contributed by atoms with Gasteiger partial charge in [0.25, 0.3) is 0 Å². The monoisotopic (exact) mass is 519 g/mol. The van der Waals surface area contributed by atoms with E-state index in [1.54, 1.807) is 19.1 Å². The van der Waals surface area contributed by atoms with Crippen LogP contribution in [0.25, 0.3) is 0 Å². The Morgan fingerprint density at radius 1 is 1.08 bits per heavy atom. The van der Waals surface area contributed by atoms with Crippen LogP contribution in [0.4, 0.5) is 0 Å². The lowest BCUT2D eigenvalue weighted by atomic mass is 9.93. The Morgan fingerprint density at radius 2 is 1.76 bits per heavy atom. The maximum atomic E-state index is 13.5. The van der Waals surface area contributed by atoms with Gasteiger partial charge in [-0.2, -0.15) is 0 Å². The number of allylic oxidation sites excluding steroid dienone is 1. The topological polar surface area (TPSA) is 71.4 Å². The summed E-state index contributed by atoms with van der Waals surface area (Å²) < 4.78 is 11.5. The molecule has 0 fully saturated rings. The molecule has 0 N–H and O–H groups in total. The number of fused-ring (bicyclic) bond motifs is 1. The molecule has 0 saturated heterocycles. The second kappa shape index (κ2) is 10.8. The molecule has 0 unspecified atom stereocenters. The molecule has 7 nitrogen and oxygen atoms in total. The van der Waals surface area contributed by atoms with Gasteiger partial charge in [0.1, 0.15) is 11.4 Å². The summed E-state index contributed by atoms with van der Waals surface area (Å²) in [4.78, 5) is 35.2. The van der Waals surface area contributed by atoms with Gasteiger partial charge in [-0.25, -0.2) is 9.79 Å². The zero-order valence-electron chi connectivity index (χ0n) is 22.1. The number of benzene rings is 2. The van der Waals surface area contributed by atoms with Crippen LogP contribution in [0.1, 0.15) is 51.3 Å². The number of methoxy groups -OCH3 is 1. The van der Waals surface area contributed by atoms with Crippen molar-refractivity contribution in [1.29, 1.82) is 0 Å². The van der Waals surface area contributed by atoms with E-state index >= 15 is 0 Å². The summed E-state index contributed by atoms with van der Waals surface area (Å²) >= 11 is 1.45. The molecule has 0 bridgehead atoms. The molecule has 0 saturated carbocycles. The Kier molecular flexibility index (Phi) is 7.78. The van der Waals surface area contributed by atoms with Crippen molar-refractivity contribution < 1.29 is 19.1 Å². The Labute approximate surface area is 222 Å². The van der Waals surface area contributed by atoms with E-state index in [2.05, 4.69) is 0 Å². The molecule has 194 valence electrons. The number of aliphatic imine (C=N–C) groups is 1. The molecule has 2 aliphatic heterocycles. The molecule has 0 aliphatic carbocycles. The van der Waals surface area contributed by atoms with E-state index < -0.39 is 17.6 Å². The van der Waals surface area contributed by atoms with Gasteiger partial charge >= 0.3 is 5.97 Å². The number of ether oxygens (including phenoxy) is 2. The molecule has 2 heterocycles. The van der Waals surface area contributed by atoms with Crippen LogP contribution in [-0.4, -0.2) is 46.6 Å². The third kappa shape index (κ3) is 5.91. The van der Waals surface area contributed by atoms with Crippen molar-refractivity contribution in [2.45, 2.75) is 52.3 Å². The molecule has 2 aliphatic rings. The molecular weight excluding hydrogens is 486 g/mol. The number of amides is 1. The highest BCUT2D eigenvalue weighted by Crippen LogP contribution is 2.47. The maximum Gasteiger partial charge on any atom is 0.338 e. The van der Waals surface area contributed by atoms with Crippen LogP contribution in [-0.2, 0) is 20.9 Å². The van der Waals surface area contributed by atoms with E-state index in [-0.39, 0.29) is 12.3 Å². The summed E-state index contributed by atoms with van der Waals surface area (Å²) in [6, 6.07) is 17.0. The fraction of sp³-hybridized carbons (Fsp3) is 0.345. The first-order valence-electron chi connectivity index (χ1n) is 12.2. The number of carbonyl (C=O) groups is 2. The van der Waals surface area contributed by atoms with Crippen LogP contribution in [0, 0.1) is 0 Å². The highest BCUT2D eigenvalue weighted by Gasteiger charge is 2.43. The molecule has 37 heavy (non-hydrogen) atoms. The smallest absolute Gasteiger partial charge is 0.338 e. The highest BCUT2D eigenvalue weighted by atomic mass is 32.2. The van der Waals surface area contributed by atoms with E-state index in [1.807, 2.05) is 92.6 Å². The lowest BCUT2D eigenvalue weighted by Crippen LogP contribution is -2.39. The minimum absolute atomic E-state index is 0.0270. The largest absolute Gasteiger partial charge is 0.496 e. The molecule has 4 rings (SSSR count). The third-order valence-electron chi connectivity index (χ3n) is 6.07. The van der Waals surface area contributed by atoms with E-state index in [0.29, 0.717) is 28.7 Å². The number of amidine groups is 1. The number of esters is 1.